The van der Waals surface area contributed by atoms with Crippen molar-refractivity contribution in [3.63, 3.8) is 0 Å². The number of aldehydes is 1. The number of benzene rings is 2. The van der Waals surface area contributed by atoms with Crippen LogP contribution in [-0.4, -0.2) is 25.7 Å². The molecule has 0 fully saturated rings. The average molecular weight is 335 g/mol. The molecule has 25 heavy (non-hydrogen) atoms. The van der Waals surface area contributed by atoms with E-state index >= 15 is 0 Å². The molecule has 4 aromatic rings. The summed E-state index contributed by atoms with van der Waals surface area (Å²) in [6, 6.07) is 13.1. The highest BCUT2D eigenvalue weighted by atomic mass is 19.1. The molecule has 0 bridgehead atoms. The Labute approximate surface area is 142 Å². The molecule has 124 valence electrons. The molecule has 0 saturated heterocycles. The number of rotatable bonds is 3. The molecule has 0 amide bonds. The van der Waals surface area contributed by atoms with Gasteiger partial charge in [-0.15, -0.1) is 0 Å². The summed E-state index contributed by atoms with van der Waals surface area (Å²) in [6.07, 6.45) is 2.40. The molecule has 0 aliphatic carbocycles. The molecule has 5 nitrogen and oxygen atoms in total. The SMILES string of the molecule is Cn1nccc1-c1c(C=O)c2ccccc2n1-c1ccc(O)cc1F. The second-order valence-electron chi connectivity index (χ2n) is 5.71. The van der Waals surface area contributed by atoms with E-state index in [2.05, 4.69) is 5.10 Å². The summed E-state index contributed by atoms with van der Waals surface area (Å²) in [5.41, 5.74) is 2.65. The number of fused-ring (bicyclic) bond motifs is 1. The zero-order valence-electron chi connectivity index (χ0n) is 13.3. The van der Waals surface area contributed by atoms with Gasteiger partial charge in [-0.1, -0.05) is 18.2 Å². The number of aromatic nitrogens is 3. The summed E-state index contributed by atoms with van der Waals surface area (Å²) in [5.74, 6) is -0.739. The number of carbonyl (C=O) groups excluding carboxylic acids is 1. The Balaban J connectivity index is 2.19. The molecule has 6 heteroatoms. The van der Waals surface area contributed by atoms with Gasteiger partial charge in [0.2, 0.25) is 0 Å². The smallest absolute Gasteiger partial charge is 0.152 e. The van der Waals surface area contributed by atoms with Crippen LogP contribution < -0.4 is 0 Å². The van der Waals surface area contributed by atoms with Gasteiger partial charge in [-0.25, -0.2) is 4.39 Å². The van der Waals surface area contributed by atoms with Gasteiger partial charge in [-0.2, -0.15) is 5.10 Å². The zero-order chi connectivity index (χ0) is 17.6. The lowest BCUT2D eigenvalue weighted by molar-refractivity contribution is 0.112. The molecule has 0 aliphatic rings. The van der Waals surface area contributed by atoms with Gasteiger partial charge in [0.15, 0.2) is 12.1 Å². The molecule has 2 aromatic carbocycles. The summed E-state index contributed by atoms with van der Waals surface area (Å²) < 4.78 is 17.9. The van der Waals surface area contributed by atoms with E-state index in [1.165, 1.54) is 12.1 Å². The van der Waals surface area contributed by atoms with Crippen molar-refractivity contribution < 1.29 is 14.3 Å². The van der Waals surface area contributed by atoms with Crippen molar-refractivity contribution in [1.82, 2.24) is 14.3 Å². The Morgan fingerprint density at radius 2 is 1.96 bits per heavy atom. The largest absolute Gasteiger partial charge is 0.508 e. The third-order valence-corrected chi connectivity index (χ3v) is 4.27. The Morgan fingerprint density at radius 3 is 2.64 bits per heavy atom. The first kappa shape index (κ1) is 15.1. The first-order valence-corrected chi connectivity index (χ1v) is 7.67. The molecule has 2 aromatic heterocycles. The molecule has 1 N–H and O–H groups in total. The number of carbonyl (C=O) groups is 1. The molecular weight excluding hydrogens is 321 g/mol. The standard InChI is InChI=1S/C19H14FN3O2/c1-22-18(8-9-21-22)19-14(11-24)13-4-2-3-5-16(13)23(19)17-7-6-12(25)10-15(17)20/h2-11,25H,1H3. The quantitative estimate of drug-likeness (QED) is 0.581. The predicted molar refractivity (Wildman–Crippen MR) is 92.5 cm³/mol. The fraction of sp³-hybridized carbons (Fsp3) is 0.0526. The highest BCUT2D eigenvalue weighted by Gasteiger charge is 2.22. The van der Waals surface area contributed by atoms with Crippen LogP contribution >= 0.6 is 0 Å². The van der Waals surface area contributed by atoms with Gasteiger partial charge < -0.3 is 9.67 Å². The van der Waals surface area contributed by atoms with Crippen LogP contribution in [0, 0.1) is 5.82 Å². The van der Waals surface area contributed by atoms with E-state index in [0.717, 1.165) is 17.7 Å². The number of aryl methyl sites for hydroxylation is 1. The molecule has 0 atom stereocenters. The Bertz CT molecular complexity index is 1110. The van der Waals surface area contributed by atoms with Crippen molar-refractivity contribution in [3.05, 3.63) is 66.1 Å². The van der Waals surface area contributed by atoms with Gasteiger partial charge in [0, 0.05) is 30.3 Å². The van der Waals surface area contributed by atoms with Crippen LogP contribution in [0.1, 0.15) is 10.4 Å². The van der Waals surface area contributed by atoms with Crippen molar-refractivity contribution >= 4 is 17.2 Å². The molecule has 0 radical (unpaired) electrons. The topological polar surface area (TPSA) is 60.0 Å². The molecule has 0 saturated carbocycles. The number of hydrogen-bond donors (Lipinski definition) is 1. The zero-order valence-corrected chi connectivity index (χ0v) is 13.3. The number of phenols is 1. The van der Waals surface area contributed by atoms with Crippen molar-refractivity contribution in [2.45, 2.75) is 0 Å². The van der Waals surface area contributed by atoms with Crippen LogP contribution in [0.15, 0.2) is 54.7 Å². The normalized spacial score (nSPS) is 11.1. The number of halogens is 1. The number of hydrogen-bond acceptors (Lipinski definition) is 3. The van der Waals surface area contributed by atoms with E-state index in [1.54, 1.807) is 28.6 Å². The minimum atomic E-state index is -0.582. The lowest BCUT2D eigenvalue weighted by Crippen LogP contribution is -2.04. The molecule has 0 unspecified atom stereocenters. The minimum absolute atomic E-state index is 0.157. The van der Waals surface area contributed by atoms with Crippen LogP contribution in [0.5, 0.6) is 5.75 Å². The molecular formula is C19H14FN3O2. The molecule has 4 rings (SSSR count). The number of nitrogens with zero attached hydrogens (tertiary/aromatic N) is 3. The van der Waals surface area contributed by atoms with Crippen LogP contribution in [-0.2, 0) is 7.05 Å². The van der Waals surface area contributed by atoms with Gasteiger partial charge in [0.05, 0.1) is 22.6 Å². The molecule has 0 spiro atoms. The van der Waals surface area contributed by atoms with Crippen LogP contribution in [0.25, 0.3) is 28.0 Å². The fourth-order valence-electron chi connectivity index (χ4n) is 3.17. The van der Waals surface area contributed by atoms with E-state index in [1.807, 2.05) is 24.3 Å². The van der Waals surface area contributed by atoms with E-state index in [9.17, 15) is 14.3 Å². The maximum absolute atomic E-state index is 14.6. The van der Waals surface area contributed by atoms with Crippen molar-refractivity contribution in [3.8, 4) is 22.8 Å². The predicted octanol–water partition coefficient (Wildman–Crippen LogP) is 3.69. The maximum Gasteiger partial charge on any atom is 0.152 e. The van der Waals surface area contributed by atoms with Gasteiger partial charge >= 0.3 is 0 Å². The van der Waals surface area contributed by atoms with Crippen molar-refractivity contribution in [2.75, 3.05) is 0 Å². The number of aromatic hydroxyl groups is 1. The lowest BCUT2D eigenvalue weighted by atomic mass is 10.1. The highest BCUT2D eigenvalue weighted by molar-refractivity contribution is 6.05. The summed E-state index contributed by atoms with van der Waals surface area (Å²) in [7, 11) is 1.76. The minimum Gasteiger partial charge on any atom is -0.508 e. The second kappa shape index (κ2) is 5.59. The number of phenolic OH excluding ortho intramolecular Hbond substituents is 1. The average Bonchev–Trinajstić information content (AvgIpc) is 3.15. The van der Waals surface area contributed by atoms with Crippen molar-refractivity contribution in [2.24, 2.45) is 7.05 Å². The van der Waals surface area contributed by atoms with Gasteiger partial charge in [-0.3, -0.25) is 9.48 Å². The Kier molecular flexibility index (Phi) is 3.39. The first-order valence-electron chi connectivity index (χ1n) is 7.67. The second-order valence-corrected chi connectivity index (χ2v) is 5.71. The first-order chi connectivity index (χ1) is 12.1. The summed E-state index contributed by atoms with van der Waals surface area (Å²) >= 11 is 0. The highest BCUT2D eigenvalue weighted by Crippen LogP contribution is 2.36. The van der Waals surface area contributed by atoms with Crippen LogP contribution in [0.3, 0.4) is 0 Å². The van der Waals surface area contributed by atoms with E-state index < -0.39 is 5.82 Å². The van der Waals surface area contributed by atoms with Gasteiger partial charge in [0.1, 0.15) is 5.75 Å². The summed E-state index contributed by atoms with van der Waals surface area (Å²) in [5, 5.41) is 14.4. The Morgan fingerprint density at radius 1 is 1.16 bits per heavy atom. The summed E-state index contributed by atoms with van der Waals surface area (Å²) in [6.45, 7) is 0. The third-order valence-electron chi connectivity index (χ3n) is 4.27. The van der Waals surface area contributed by atoms with E-state index in [4.69, 9.17) is 0 Å². The summed E-state index contributed by atoms with van der Waals surface area (Å²) in [4.78, 5) is 11.9. The third kappa shape index (κ3) is 2.22. The molecule has 0 aliphatic heterocycles. The molecule has 2 heterocycles. The van der Waals surface area contributed by atoms with Gasteiger partial charge in [0.25, 0.3) is 0 Å². The van der Waals surface area contributed by atoms with Gasteiger partial charge in [-0.05, 0) is 24.3 Å². The van der Waals surface area contributed by atoms with E-state index in [-0.39, 0.29) is 11.4 Å². The maximum atomic E-state index is 14.6. The van der Waals surface area contributed by atoms with Crippen LogP contribution in [0.2, 0.25) is 0 Å². The van der Waals surface area contributed by atoms with E-state index in [0.29, 0.717) is 22.5 Å². The Hall–Kier alpha value is -3.41. The number of para-hydroxylation sites is 1. The lowest BCUT2D eigenvalue weighted by Gasteiger charge is -2.13. The fourth-order valence-corrected chi connectivity index (χ4v) is 3.17. The monoisotopic (exact) mass is 335 g/mol. The van der Waals surface area contributed by atoms with Crippen LogP contribution in [0.4, 0.5) is 4.39 Å². The van der Waals surface area contributed by atoms with Crippen molar-refractivity contribution in [1.29, 1.82) is 0 Å².